The number of halogens is 3. The molecule has 130 valence electrons. The lowest BCUT2D eigenvalue weighted by Crippen LogP contribution is -2.05. The van der Waals surface area contributed by atoms with Crippen LogP contribution in [-0.4, -0.2) is 20.1 Å². The third-order valence-corrected chi connectivity index (χ3v) is 5.16. The van der Waals surface area contributed by atoms with Gasteiger partial charge in [-0.15, -0.1) is 11.8 Å². The van der Waals surface area contributed by atoms with Crippen LogP contribution >= 0.6 is 11.8 Å². The van der Waals surface area contributed by atoms with Crippen molar-refractivity contribution in [3.63, 3.8) is 0 Å². The Morgan fingerprint density at radius 1 is 1.28 bits per heavy atom. The van der Waals surface area contributed by atoms with Crippen LogP contribution in [0.15, 0.2) is 41.7 Å². The van der Waals surface area contributed by atoms with Crippen molar-refractivity contribution in [2.45, 2.75) is 36.8 Å². The van der Waals surface area contributed by atoms with E-state index in [0.717, 1.165) is 28.5 Å². The normalized spacial score (nSPS) is 15.0. The predicted octanol–water partition coefficient (Wildman–Crippen LogP) is 5.40. The summed E-state index contributed by atoms with van der Waals surface area (Å²) in [5, 5.41) is 0. The maximum atomic E-state index is 12.9. The summed E-state index contributed by atoms with van der Waals surface area (Å²) >= 11 is 1.68. The molecule has 0 aliphatic heterocycles. The van der Waals surface area contributed by atoms with Gasteiger partial charge < -0.3 is 4.40 Å². The van der Waals surface area contributed by atoms with Gasteiger partial charge in [-0.3, -0.25) is 4.98 Å². The highest BCUT2D eigenvalue weighted by Crippen LogP contribution is 2.42. The average molecular weight is 363 g/mol. The number of alkyl halides is 3. The van der Waals surface area contributed by atoms with Gasteiger partial charge in [0.15, 0.2) is 0 Å². The zero-order valence-electron chi connectivity index (χ0n) is 13.5. The van der Waals surface area contributed by atoms with Gasteiger partial charge in [-0.05, 0) is 48.3 Å². The third-order valence-electron chi connectivity index (χ3n) is 4.25. The summed E-state index contributed by atoms with van der Waals surface area (Å²) in [6.07, 6.45) is 3.02. The van der Waals surface area contributed by atoms with Crippen molar-refractivity contribution in [1.29, 1.82) is 0 Å². The molecule has 0 unspecified atom stereocenters. The Morgan fingerprint density at radius 3 is 2.76 bits per heavy atom. The molecule has 25 heavy (non-hydrogen) atoms. The van der Waals surface area contributed by atoms with Crippen LogP contribution in [0.5, 0.6) is 0 Å². The van der Waals surface area contributed by atoms with E-state index in [0.29, 0.717) is 11.6 Å². The molecule has 7 heteroatoms. The van der Waals surface area contributed by atoms with Crippen molar-refractivity contribution in [3.8, 4) is 11.4 Å². The van der Waals surface area contributed by atoms with E-state index in [1.54, 1.807) is 22.4 Å². The lowest BCUT2D eigenvalue weighted by molar-refractivity contribution is -0.137. The minimum atomic E-state index is -4.37. The molecule has 0 radical (unpaired) electrons. The molecule has 0 amide bonds. The Hall–Kier alpha value is -2.02. The van der Waals surface area contributed by atoms with Gasteiger partial charge in [-0.25, -0.2) is 4.98 Å². The second-order valence-corrected chi connectivity index (χ2v) is 7.43. The highest BCUT2D eigenvalue weighted by atomic mass is 32.2. The minimum Gasteiger partial charge on any atom is -0.306 e. The molecule has 3 aromatic heterocycles. The summed E-state index contributed by atoms with van der Waals surface area (Å²) in [7, 11) is 0. The van der Waals surface area contributed by atoms with Crippen LogP contribution in [0, 0.1) is 0 Å². The second kappa shape index (κ2) is 6.05. The molecule has 0 saturated heterocycles. The number of fused-ring (bicyclic) bond motifs is 1. The molecular weight excluding hydrogens is 347 g/mol. The van der Waals surface area contributed by atoms with E-state index in [2.05, 4.69) is 23.0 Å². The van der Waals surface area contributed by atoms with E-state index >= 15 is 0 Å². The van der Waals surface area contributed by atoms with E-state index in [4.69, 9.17) is 0 Å². The van der Waals surface area contributed by atoms with Crippen LogP contribution in [0.2, 0.25) is 0 Å². The van der Waals surface area contributed by atoms with Crippen LogP contribution in [-0.2, 0) is 6.18 Å². The fraction of sp³-hybridized carbons (Fsp3) is 0.333. The molecule has 0 spiro atoms. The average Bonchev–Trinajstić information content (AvgIpc) is 3.33. The summed E-state index contributed by atoms with van der Waals surface area (Å²) in [6, 6.07) is 4.28. The first kappa shape index (κ1) is 16.4. The van der Waals surface area contributed by atoms with Crippen LogP contribution in [0.3, 0.4) is 0 Å². The molecule has 3 aromatic rings. The maximum absolute atomic E-state index is 12.9. The summed E-state index contributed by atoms with van der Waals surface area (Å²) < 4.78 is 40.2. The SMILES string of the molecule is CCSc1cc(C2CC2)cnc1-c1cn2ccc(C(F)(F)F)cc2n1. The molecule has 0 aromatic carbocycles. The molecule has 3 heterocycles. The Kier molecular flexibility index (Phi) is 3.98. The van der Waals surface area contributed by atoms with Crippen molar-refractivity contribution >= 4 is 17.4 Å². The smallest absolute Gasteiger partial charge is 0.306 e. The van der Waals surface area contributed by atoms with Gasteiger partial charge in [0.1, 0.15) is 17.0 Å². The van der Waals surface area contributed by atoms with Gasteiger partial charge in [0.2, 0.25) is 0 Å². The second-order valence-electron chi connectivity index (χ2n) is 6.13. The molecule has 1 saturated carbocycles. The summed E-state index contributed by atoms with van der Waals surface area (Å²) in [5.41, 5.74) is 2.14. The molecule has 0 bridgehead atoms. The number of thioether (sulfide) groups is 1. The fourth-order valence-electron chi connectivity index (χ4n) is 2.83. The number of nitrogens with zero attached hydrogens (tertiary/aromatic N) is 3. The molecule has 0 atom stereocenters. The van der Waals surface area contributed by atoms with Gasteiger partial charge in [0.25, 0.3) is 0 Å². The van der Waals surface area contributed by atoms with Crippen molar-refractivity contribution in [2.24, 2.45) is 0 Å². The van der Waals surface area contributed by atoms with Crippen LogP contribution in [0.1, 0.15) is 36.8 Å². The molecule has 0 N–H and O–H groups in total. The van der Waals surface area contributed by atoms with E-state index in [-0.39, 0.29) is 5.65 Å². The monoisotopic (exact) mass is 363 g/mol. The summed E-state index contributed by atoms with van der Waals surface area (Å²) in [4.78, 5) is 9.99. The van der Waals surface area contributed by atoms with Gasteiger partial charge in [-0.2, -0.15) is 13.2 Å². The molecule has 1 fully saturated rings. The Morgan fingerprint density at radius 2 is 2.08 bits per heavy atom. The number of pyridine rings is 2. The van der Waals surface area contributed by atoms with Gasteiger partial charge >= 0.3 is 6.18 Å². The highest BCUT2D eigenvalue weighted by molar-refractivity contribution is 7.99. The summed E-state index contributed by atoms with van der Waals surface area (Å²) in [6.45, 7) is 2.07. The fourth-order valence-corrected chi connectivity index (χ4v) is 3.65. The van der Waals surface area contributed by atoms with Crippen molar-refractivity contribution in [3.05, 3.63) is 47.9 Å². The number of aromatic nitrogens is 3. The predicted molar refractivity (Wildman–Crippen MR) is 91.8 cm³/mol. The molecule has 4 rings (SSSR count). The van der Waals surface area contributed by atoms with Crippen molar-refractivity contribution in [1.82, 2.24) is 14.4 Å². The Balaban J connectivity index is 1.78. The number of hydrogen-bond donors (Lipinski definition) is 0. The number of rotatable bonds is 4. The molecular formula is C18H16F3N3S. The van der Waals surface area contributed by atoms with E-state index in [9.17, 15) is 13.2 Å². The standard InChI is InChI=1S/C18H16F3N3S/c1-2-25-15-7-12(11-3-4-11)9-22-17(15)14-10-24-6-5-13(18(19,20)21)8-16(24)23-14/h5-11H,2-4H2,1H3. The van der Waals surface area contributed by atoms with E-state index in [1.807, 2.05) is 6.20 Å². The van der Waals surface area contributed by atoms with E-state index in [1.165, 1.54) is 24.6 Å². The Bertz CT molecular complexity index is 929. The van der Waals surface area contributed by atoms with Crippen molar-refractivity contribution < 1.29 is 13.2 Å². The van der Waals surface area contributed by atoms with E-state index < -0.39 is 11.7 Å². The first-order valence-corrected chi connectivity index (χ1v) is 9.13. The summed E-state index contributed by atoms with van der Waals surface area (Å²) in [5.74, 6) is 1.50. The molecule has 1 aliphatic carbocycles. The van der Waals surface area contributed by atoms with Gasteiger partial charge in [-0.1, -0.05) is 6.92 Å². The maximum Gasteiger partial charge on any atom is 0.416 e. The first-order chi connectivity index (χ1) is 12.0. The van der Waals surface area contributed by atoms with Gasteiger partial charge in [0, 0.05) is 23.5 Å². The van der Waals surface area contributed by atoms with Crippen LogP contribution in [0.25, 0.3) is 17.0 Å². The third kappa shape index (κ3) is 3.25. The topological polar surface area (TPSA) is 30.2 Å². The zero-order valence-corrected chi connectivity index (χ0v) is 14.4. The molecule has 3 nitrogen and oxygen atoms in total. The number of imidazole rings is 1. The van der Waals surface area contributed by atoms with Crippen LogP contribution in [0.4, 0.5) is 13.2 Å². The van der Waals surface area contributed by atoms with Crippen LogP contribution < -0.4 is 0 Å². The van der Waals surface area contributed by atoms with Gasteiger partial charge in [0.05, 0.1) is 5.56 Å². The lowest BCUT2D eigenvalue weighted by Gasteiger charge is -2.07. The Labute approximate surface area is 147 Å². The minimum absolute atomic E-state index is 0.269. The highest BCUT2D eigenvalue weighted by Gasteiger charge is 2.31. The lowest BCUT2D eigenvalue weighted by atomic mass is 10.1. The largest absolute Gasteiger partial charge is 0.416 e. The zero-order chi connectivity index (χ0) is 17.6. The quantitative estimate of drug-likeness (QED) is 0.581. The number of hydrogen-bond acceptors (Lipinski definition) is 3. The molecule has 1 aliphatic rings. The first-order valence-electron chi connectivity index (χ1n) is 8.15. The van der Waals surface area contributed by atoms with Crippen molar-refractivity contribution in [2.75, 3.05) is 5.75 Å².